The van der Waals surface area contributed by atoms with Crippen molar-refractivity contribution in [2.45, 2.75) is 44.4 Å². The highest BCUT2D eigenvalue weighted by atomic mass is 19.4. The Kier molecular flexibility index (Phi) is 5.87. The molecular formula is C17H25F3N2. The van der Waals surface area contributed by atoms with Gasteiger partial charge in [0, 0.05) is 12.6 Å². The van der Waals surface area contributed by atoms with E-state index in [1.807, 2.05) is 7.05 Å². The molecule has 0 radical (unpaired) electrons. The minimum Gasteiger partial charge on any atom is -0.303 e. The van der Waals surface area contributed by atoms with Gasteiger partial charge in [0.2, 0.25) is 0 Å². The zero-order valence-corrected chi connectivity index (χ0v) is 13.4. The van der Waals surface area contributed by atoms with E-state index in [-0.39, 0.29) is 0 Å². The number of benzene rings is 1. The molecule has 1 unspecified atom stereocenters. The molecular weight excluding hydrogens is 289 g/mol. The fourth-order valence-corrected chi connectivity index (χ4v) is 3.07. The van der Waals surface area contributed by atoms with Crippen LogP contribution in [0.25, 0.3) is 0 Å². The Morgan fingerprint density at radius 3 is 2.45 bits per heavy atom. The van der Waals surface area contributed by atoms with E-state index < -0.39 is 11.7 Å². The first-order valence-corrected chi connectivity index (χ1v) is 7.91. The van der Waals surface area contributed by atoms with Crippen molar-refractivity contribution in [3.63, 3.8) is 0 Å². The van der Waals surface area contributed by atoms with Crippen LogP contribution in [0.2, 0.25) is 0 Å². The van der Waals surface area contributed by atoms with Gasteiger partial charge in [0.05, 0.1) is 5.56 Å². The smallest absolute Gasteiger partial charge is 0.303 e. The molecule has 2 rings (SSSR count). The van der Waals surface area contributed by atoms with E-state index in [2.05, 4.69) is 16.8 Å². The molecule has 0 spiro atoms. The molecule has 2 nitrogen and oxygen atoms in total. The first kappa shape index (κ1) is 17.3. The summed E-state index contributed by atoms with van der Waals surface area (Å²) in [5.41, 5.74) is 0.343. The molecule has 5 heteroatoms. The van der Waals surface area contributed by atoms with Crippen LogP contribution in [0.5, 0.6) is 0 Å². The summed E-state index contributed by atoms with van der Waals surface area (Å²) in [6, 6.07) is 6.12. The normalized spacial score (nSPS) is 20.5. The number of hydrogen-bond donors (Lipinski definition) is 0. The van der Waals surface area contributed by atoms with Crippen LogP contribution in [0.3, 0.4) is 0 Å². The average Bonchev–Trinajstić information content (AvgIpc) is 2.46. The molecule has 1 aliphatic rings. The molecule has 0 bridgehead atoms. The zero-order chi connectivity index (χ0) is 16.2. The summed E-state index contributed by atoms with van der Waals surface area (Å²) in [7, 11) is 4.21. The van der Waals surface area contributed by atoms with Gasteiger partial charge < -0.3 is 9.80 Å². The van der Waals surface area contributed by atoms with Crippen LogP contribution in [-0.2, 0) is 12.7 Å². The Labute approximate surface area is 130 Å². The predicted molar refractivity (Wildman–Crippen MR) is 82.7 cm³/mol. The second kappa shape index (κ2) is 7.47. The molecule has 1 heterocycles. The maximum Gasteiger partial charge on any atom is 0.416 e. The van der Waals surface area contributed by atoms with Crippen molar-refractivity contribution in [3.8, 4) is 0 Å². The Morgan fingerprint density at radius 1 is 1.18 bits per heavy atom. The molecule has 0 aliphatic carbocycles. The van der Waals surface area contributed by atoms with E-state index in [0.29, 0.717) is 12.6 Å². The lowest BCUT2D eigenvalue weighted by molar-refractivity contribution is -0.137. The average molecular weight is 314 g/mol. The van der Waals surface area contributed by atoms with Gasteiger partial charge in [0.1, 0.15) is 0 Å². The third kappa shape index (κ3) is 4.99. The summed E-state index contributed by atoms with van der Waals surface area (Å²) in [6.07, 6.45) is 0.709. The molecule has 0 aromatic heterocycles. The Bertz CT molecular complexity index is 456. The second-order valence-electron chi connectivity index (χ2n) is 6.35. The third-order valence-corrected chi connectivity index (χ3v) is 4.50. The highest BCUT2D eigenvalue weighted by Gasteiger charge is 2.29. The first-order chi connectivity index (χ1) is 10.4. The van der Waals surface area contributed by atoms with Crippen LogP contribution in [0.1, 0.15) is 36.8 Å². The summed E-state index contributed by atoms with van der Waals surface area (Å²) in [4.78, 5) is 4.61. The van der Waals surface area contributed by atoms with E-state index in [1.54, 1.807) is 12.1 Å². The maximum absolute atomic E-state index is 12.5. The summed E-state index contributed by atoms with van der Waals surface area (Å²) in [5, 5.41) is 0. The standard InChI is InChI=1S/C17H25F3N2/c1-21(12-10-16-5-3-4-11-22(16)2)13-14-6-8-15(9-7-14)17(18,19)20/h6-9,16H,3-5,10-13H2,1-2H3. The summed E-state index contributed by atoms with van der Waals surface area (Å²) in [6.45, 7) is 2.83. The molecule has 124 valence electrons. The quantitative estimate of drug-likeness (QED) is 0.810. The molecule has 1 aromatic carbocycles. The van der Waals surface area contributed by atoms with Crippen LogP contribution in [0, 0.1) is 0 Å². The van der Waals surface area contributed by atoms with Gasteiger partial charge in [-0.05, 0) is 64.1 Å². The predicted octanol–water partition coefficient (Wildman–Crippen LogP) is 4.01. The molecule has 1 aliphatic heterocycles. The molecule has 0 saturated carbocycles. The molecule has 1 atom stereocenters. The van der Waals surface area contributed by atoms with Gasteiger partial charge in [-0.25, -0.2) is 0 Å². The van der Waals surface area contributed by atoms with E-state index in [0.717, 1.165) is 30.7 Å². The summed E-state index contributed by atoms with van der Waals surface area (Å²) < 4.78 is 37.6. The Balaban J connectivity index is 1.80. The third-order valence-electron chi connectivity index (χ3n) is 4.50. The van der Waals surface area contributed by atoms with Crippen molar-refractivity contribution in [2.24, 2.45) is 0 Å². The highest BCUT2D eigenvalue weighted by Crippen LogP contribution is 2.29. The van der Waals surface area contributed by atoms with Crippen LogP contribution < -0.4 is 0 Å². The minimum atomic E-state index is -4.25. The molecule has 22 heavy (non-hydrogen) atoms. The van der Waals surface area contributed by atoms with Gasteiger partial charge in [0.25, 0.3) is 0 Å². The number of rotatable bonds is 5. The maximum atomic E-state index is 12.5. The van der Waals surface area contributed by atoms with Crippen molar-refractivity contribution in [1.29, 1.82) is 0 Å². The van der Waals surface area contributed by atoms with Gasteiger partial charge in [-0.2, -0.15) is 13.2 Å². The van der Waals surface area contributed by atoms with Gasteiger partial charge >= 0.3 is 6.18 Å². The molecule has 1 aromatic rings. The van der Waals surface area contributed by atoms with Gasteiger partial charge in [-0.1, -0.05) is 18.6 Å². The SMILES string of the molecule is CN(CCC1CCCCN1C)Cc1ccc(C(F)(F)F)cc1. The number of likely N-dealkylation sites (tertiary alicyclic amines) is 1. The van der Waals surface area contributed by atoms with E-state index in [1.165, 1.54) is 25.8 Å². The van der Waals surface area contributed by atoms with Crippen molar-refractivity contribution in [1.82, 2.24) is 9.80 Å². The lowest BCUT2D eigenvalue weighted by Gasteiger charge is -2.33. The van der Waals surface area contributed by atoms with E-state index in [9.17, 15) is 13.2 Å². The lowest BCUT2D eigenvalue weighted by atomic mass is 10.00. The van der Waals surface area contributed by atoms with Gasteiger partial charge in [-0.15, -0.1) is 0 Å². The Morgan fingerprint density at radius 2 is 1.86 bits per heavy atom. The fraction of sp³-hybridized carbons (Fsp3) is 0.647. The van der Waals surface area contributed by atoms with E-state index >= 15 is 0 Å². The topological polar surface area (TPSA) is 6.48 Å². The molecule has 0 N–H and O–H groups in total. The molecule has 1 saturated heterocycles. The number of alkyl halides is 3. The van der Waals surface area contributed by atoms with Gasteiger partial charge in [-0.3, -0.25) is 0 Å². The second-order valence-corrected chi connectivity index (χ2v) is 6.35. The molecule has 0 amide bonds. The minimum absolute atomic E-state index is 0.581. The van der Waals surface area contributed by atoms with Crippen LogP contribution in [0.15, 0.2) is 24.3 Å². The number of piperidine rings is 1. The highest BCUT2D eigenvalue weighted by molar-refractivity contribution is 5.24. The van der Waals surface area contributed by atoms with Crippen molar-refractivity contribution in [3.05, 3.63) is 35.4 Å². The lowest BCUT2D eigenvalue weighted by Crippen LogP contribution is -2.38. The molecule has 1 fully saturated rings. The number of nitrogens with zero attached hydrogens (tertiary/aromatic N) is 2. The first-order valence-electron chi connectivity index (χ1n) is 7.91. The Hall–Kier alpha value is -1.07. The largest absolute Gasteiger partial charge is 0.416 e. The van der Waals surface area contributed by atoms with Crippen molar-refractivity contribution >= 4 is 0 Å². The number of hydrogen-bond acceptors (Lipinski definition) is 2. The monoisotopic (exact) mass is 314 g/mol. The zero-order valence-electron chi connectivity index (χ0n) is 13.4. The fourth-order valence-electron chi connectivity index (χ4n) is 3.07. The van der Waals surface area contributed by atoms with Crippen LogP contribution in [-0.4, -0.2) is 43.0 Å². The van der Waals surface area contributed by atoms with Gasteiger partial charge in [0.15, 0.2) is 0 Å². The van der Waals surface area contributed by atoms with E-state index in [4.69, 9.17) is 0 Å². The summed E-state index contributed by atoms with van der Waals surface area (Å²) >= 11 is 0. The summed E-state index contributed by atoms with van der Waals surface area (Å²) in [5.74, 6) is 0. The van der Waals surface area contributed by atoms with Crippen molar-refractivity contribution in [2.75, 3.05) is 27.2 Å². The van der Waals surface area contributed by atoms with Crippen molar-refractivity contribution < 1.29 is 13.2 Å². The van der Waals surface area contributed by atoms with Crippen LogP contribution >= 0.6 is 0 Å². The van der Waals surface area contributed by atoms with Crippen LogP contribution in [0.4, 0.5) is 13.2 Å². The number of halogens is 3.